The molecule has 0 atom stereocenters. The smallest absolute Gasteiger partial charge is 0.317 e. The van der Waals surface area contributed by atoms with Gasteiger partial charge in [-0.3, -0.25) is 0 Å². The first-order valence-corrected chi connectivity index (χ1v) is 5.09. The van der Waals surface area contributed by atoms with Gasteiger partial charge in [-0.25, -0.2) is 4.79 Å². The molecule has 1 heterocycles. The number of aliphatic hydroxyl groups is 1. The van der Waals surface area contributed by atoms with Crippen LogP contribution in [0, 0.1) is 0 Å². The van der Waals surface area contributed by atoms with Crippen molar-refractivity contribution in [3.8, 4) is 0 Å². The maximum Gasteiger partial charge on any atom is 0.317 e. The predicted molar refractivity (Wildman–Crippen MR) is 54.1 cm³/mol. The Morgan fingerprint density at radius 1 is 1.50 bits per heavy atom. The Bertz CT molecular complexity index is 179. The molecule has 14 heavy (non-hydrogen) atoms. The van der Waals surface area contributed by atoms with Crippen molar-refractivity contribution in [3.05, 3.63) is 0 Å². The van der Waals surface area contributed by atoms with E-state index in [4.69, 9.17) is 5.11 Å². The van der Waals surface area contributed by atoms with Gasteiger partial charge in [-0.2, -0.15) is 0 Å². The Morgan fingerprint density at radius 2 is 2.14 bits per heavy atom. The largest absolute Gasteiger partial charge is 0.395 e. The molecule has 1 saturated heterocycles. The van der Waals surface area contributed by atoms with Crippen LogP contribution in [0.4, 0.5) is 4.79 Å². The zero-order valence-electron chi connectivity index (χ0n) is 8.62. The molecular formula is C9H19N3O2. The first-order valence-electron chi connectivity index (χ1n) is 5.09. The number of aliphatic hydroxyl groups excluding tert-OH is 1. The Kier molecular flexibility index (Phi) is 4.69. The van der Waals surface area contributed by atoms with Crippen LogP contribution in [0.3, 0.4) is 0 Å². The van der Waals surface area contributed by atoms with Gasteiger partial charge in [0.2, 0.25) is 0 Å². The van der Waals surface area contributed by atoms with Gasteiger partial charge in [0.1, 0.15) is 0 Å². The number of carbonyl (C=O) groups is 1. The summed E-state index contributed by atoms with van der Waals surface area (Å²) in [7, 11) is 1.65. The van der Waals surface area contributed by atoms with Gasteiger partial charge in [-0.15, -0.1) is 0 Å². The predicted octanol–water partition coefficient (Wildman–Crippen LogP) is -0.628. The quantitative estimate of drug-likeness (QED) is 0.570. The highest BCUT2D eigenvalue weighted by Gasteiger charge is 2.21. The third-order valence-electron chi connectivity index (χ3n) is 2.54. The van der Waals surface area contributed by atoms with E-state index in [1.54, 1.807) is 7.05 Å². The molecular weight excluding hydrogens is 182 g/mol. The third-order valence-corrected chi connectivity index (χ3v) is 2.54. The lowest BCUT2D eigenvalue weighted by Gasteiger charge is -2.32. The van der Waals surface area contributed by atoms with E-state index in [2.05, 4.69) is 10.6 Å². The van der Waals surface area contributed by atoms with Gasteiger partial charge in [0, 0.05) is 32.7 Å². The minimum Gasteiger partial charge on any atom is -0.395 e. The first kappa shape index (κ1) is 11.3. The summed E-state index contributed by atoms with van der Waals surface area (Å²) in [6.45, 7) is 2.41. The van der Waals surface area contributed by atoms with Crippen LogP contribution in [0.15, 0.2) is 0 Å². The van der Waals surface area contributed by atoms with E-state index in [1.807, 2.05) is 4.90 Å². The van der Waals surface area contributed by atoms with E-state index in [-0.39, 0.29) is 12.6 Å². The fraction of sp³-hybridized carbons (Fsp3) is 0.889. The maximum atomic E-state index is 11.2. The molecule has 0 bridgehead atoms. The zero-order valence-corrected chi connectivity index (χ0v) is 8.62. The highest BCUT2D eigenvalue weighted by atomic mass is 16.3. The zero-order chi connectivity index (χ0) is 10.4. The average Bonchev–Trinajstić information content (AvgIpc) is 2.26. The SMILES string of the molecule is CNC(=O)N1CCC(NCCO)CC1. The molecule has 5 heteroatoms. The lowest BCUT2D eigenvalue weighted by molar-refractivity contribution is 0.176. The number of piperidine rings is 1. The molecule has 1 fully saturated rings. The number of nitrogens with one attached hydrogen (secondary N) is 2. The standard InChI is InChI=1S/C9H19N3O2/c1-10-9(14)12-5-2-8(3-6-12)11-4-7-13/h8,11,13H,2-7H2,1H3,(H,10,14). The minimum absolute atomic E-state index is 0.00519. The van der Waals surface area contributed by atoms with Crippen molar-refractivity contribution >= 4 is 6.03 Å². The highest BCUT2D eigenvalue weighted by Crippen LogP contribution is 2.09. The summed E-state index contributed by atoms with van der Waals surface area (Å²) in [5, 5.41) is 14.5. The molecule has 0 unspecified atom stereocenters. The fourth-order valence-corrected chi connectivity index (χ4v) is 1.71. The van der Waals surface area contributed by atoms with Crippen LogP contribution in [0.2, 0.25) is 0 Å². The lowest BCUT2D eigenvalue weighted by Crippen LogP contribution is -2.48. The number of rotatable bonds is 3. The van der Waals surface area contributed by atoms with Crippen molar-refractivity contribution in [2.24, 2.45) is 0 Å². The van der Waals surface area contributed by atoms with Gasteiger partial charge in [0.15, 0.2) is 0 Å². The summed E-state index contributed by atoms with van der Waals surface area (Å²) in [5.41, 5.74) is 0. The second-order valence-electron chi connectivity index (χ2n) is 3.49. The van der Waals surface area contributed by atoms with Gasteiger partial charge < -0.3 is 20.6 Å². The van der Waals surface area contributed by atoms with Crippen molar-refractivity contribution in [3.63, 3.8) is 0 Å². The van der Waals surface area contributed by atoms with Crippen LogP contribution in [-0.2, 0) is 0 Å². The topological polar surface area (TPSA) is 64.6 Å². The number of carbonyl (C=O) groups excluding carboxylic acids is 1. The molecule has 0 spiro atoms. The Balaban J connectivity index is 2.20. The Morgan fingerprint density at radius 3 is 2.64 bits per heavy atom. The van der Waals surface area contributed by atoms with Gasteiger partial charge in [-0.1, -0.05) is 0 Å². The summed E-state index contributed by atoms with van der Waals surface area (Å²) in [6.07, 6.45) is 1.93. The van der Waals surface area contributed by atoms with Crippen LogP contribution in [0.5, 0.6) is 0 Å². The lowest BCUT2D eigenvalue weighted by atomic mass is 10.1. The molecule has 2 amide bonds. The van der Waals surface area contributed by atoms with E-state index in [0.717, 1.165) is 25.9 Å². The van der Waals surface area contributed by atoms with Crippen LogP contribution in [-0.4, -0.2) is 55.4 Å². The summed E-state index contributed by atoms with van der Waals surface area (Å²) < 4.78 is 0. The summed E-state index contributed by atoms with van der Waals surface area (Å²) in [5.74, 6) is 0. The number of hydrogen-bond donors (Lipinski definition) is 3. The van der Waals surface area contributed by atoms with Crippen molar-refractivity contribution in [2.75, 3.05) is 33.3 Å². The molecule has 1 rings (SSSR count). The summed E-state index contributed by atoms with van der Waals surface area (Å²) in [4.78, 5) is 13.1. The van der Waals surface area contributed by atoms with Crippen molar-refractivity contribution < 1.29 is 9.90 Å². The van der Waals surface area contributed by atoms with E-state index in [0.29, 0.717) is 12.6 Å². The van der Waals surface area contributed by atoms with Crippen molar-refractivity contribution in [1.29, 1.82) is 0 Å². The molecule has 1 aliphatic heterocycles. The Hall–Kier alpha value is -0.810. The summed E-state index contributed by atoms with van der Waals surface area (Å²) in [6, 6.07) is 0.452. The van der Waals surface area contributed by atoms with Gasteiger partial charge in [0.05, 0.1) is 6.61 Å². The molecule has 0 aromatic carbocycles. The van der Waals surface area contributed by atoms with E-state index < -0.39 is 0 Å². The third kappa shape index (κ3) is 3.16. The number of nitrogens with zero attached hydrogens (tertiary/aromatic N) is 1. The fourth-order valence-electron chi connectivity index (χ4n) is 1.71. The van der Waals surface area contributed by atoms with Crippen molar-refractivity contribution in [1.82, 2.24) is 15.5 Å². The molecule has 82 valence electrons. The maximum absolute atomic E-state index is 11.2. The summed E-state index contributed by atoms with van der Waals surface area (Å²) >= 11 is 0. The van der Waals surface area contributed by atoms with Crippen LogP contribution in [0.1, 0.15) is 12.8 Å². The van der Waals surface area contributed by atoms with Crippen LogP contribution >= 0.6 is 0 Å². The molecule has 3 N–H and O–H groups in total. The number of hydrogen-bond acceptors (Lipinski definition) is 3. The van der Waals surface area contributed by atoms with Gasteiger partial charge >= 0.3 is 6.03 Å². The second kappa shape index (κ2) is 5.82. The van der Waals surface area contributed by atoms with E-state index in [1.165, 1.54) is 0 Å². The van der Waals surface area contributed by atoms with Crippen molar-refractivity contribution in [2.45, 2.75) is 18.9 Å². The average molecular weight is 201 g/mol. The monoisotopic (exact) mass is 201 g/mol. The van der Waals surface area contributed by atoms with Crippen LogP contribution < -0.4 is 10.6 Å². The normalized spacial score (nSPS) is 18.3. The first-order chi connectivity index (χ1) is 6.77. The van der Waals surface area contributed by atoms with Gasteiger partial charge in [0.25, 0.3) is 0 Å². The van der Waals surface area contributed by atoms with Crippen LogP contribution in [0.25, 0.3) is 0 Å². The molecule has 0 aromatic heterocycles. The molecule has 0 radical (unpaired) electrons. The molecule has 0 aromatic rings. The molecule has 0 saturated carbocycles. The van der Waals surface area contributed by atoms with E-state index in [9.17, 15) is 4.79 Å². The van der Waals surface area contributed by atoms with E-state index >= 15 is 0 Å². The number of likely N-dealkylation sites (tertiary alicyclic amines) is 1. The number of amides is 2. The molecule has 1 aliphatic rings. The molecule has 5 nitrogen and oxygen atoms in total. The van der Waals surface area contributed by atoms with Gasteiger partial charge in [-0.05, 0) is 12.8 Å². The second-order valence-corrected chi connectivity index (χ2v) is 3.49. The number of urea groups is 1. The highest BCUT2D eigenvalue weighted by molar-refractivity contribution is 5.73. The molecule has 0 aliphatic carbocycles. The minimum atomic E-state index is 0.00519. The Labute approximate surface area is 84.5 Å².